The smallest absolute Gasteiger partial charge is 0.335 e. The summed E-state index contributed by atoms with van der Waals surface area (Å²) in [5.74, 6) is -0.720. The van der Waals surface area contributed by atoms with Crippen LogP contribution in [0.4, 0.5) is 0 Å². The lowest BCUT2D eigenvalue weighted by Gasteiger charge is -2.18. The van der Waals surface area contributed by atoms with E-state index in [4.69, 9.17) is 5.11 Å². The second-order valence-corrected chi connectivity index (χ2v) is 7.12. The van der Waals surface area contributed by atoms with Gasteiger partial charge in [0.05, 0.1) is 10.5 Å². The highest BCUT2D eigenvalue weighted by Crippen LogP contribution is 2.28. The lowest BCUT2D eigenvalue weighted by Crippen LogP contribution is -2.29. The molecule has 0 amide bonds. The highest BCUT2D eigenvalue weighted by Gasteiger charge is 2.32. The van der Waals surface area contributed by atoms with Gasteiger partial charge in [-0.2, -0.15) is 4.31 Å². The minimum absolute atomic E-state index is 0.000383. The minimum atomic E-state index is -3.60. The number of carboxylic acids is 1. The number of rotatable bonds is 4. The average Bonchev–Trinajstić information content (AvgIpc) is 2.88. The van der Waals surface area contributed by atoms with E-state index >= 15 is 0 Å². The SMILES string of the molecule is CCC1CCN(S(=O)(=O)c2cc(C(=O)O)ccc2C)C1. The molecule has 6 heteroatoms. The number of nitrogens with zero attached hydrogens (tertiary/aromatic N) is 1. The third-order valence-electron chi connectivity index (χ3n) is 3.88. The van der Waals surface area contributed by atoms with Crippen molar-refractivity contribution < 1.29 is 18.3 Å². The van der Waals surface area contributed by atoms with Gasteiger partial charge in [0.15, 0.2) is 0 Å². The molecule has 0 aliphatic carbocycles. The van der Waals surface area contributed by atoms with E-state index in [9.17, 15) is 13.2 Å². The molecule has 110 valence electrons. The maximum atomic E-state index is 12.6. The number of sulfonamides is 1. The van der Waals surface area contributed by atoms with Crippen LogP contribution in [0.15, 0.2) is 23.1 Å². The van der Waals surface area contributed by atoms with Crippen LogP contribution in [0.25, 0.3) is 0 Å². The first-order valence-corrected chi connectivity index (χ1v) is 8.14. The monoisotopic (exact) mass is 297 g/mol. The molecule has 20 heavy (non-hydrogen) atoms. The van der Waals surface area contributed by atoms with Crippen LogP contribution < -0.4 is 0 Å². The fraction of sp³-hybridized carbons (Fsp3) is 0.500. The van der Waals surface area contributed by atoms with E-state index < -0.39 is 16.0 Å². The number of carbonyl (C=O) groups is 1. The maximum absolute atomic E-state index is 12.6. The lowest BCUT2D eigenvalue weighted by molar-refractivity contribution is 0.0696. The highest BCUT2D eigenvalue weighted by atomic mass is 32.2. The van der Waals surface area contributed by atoms with Gasteiger partial charge in [-0.3, -0.25) is 0 Å². The fourth-order valence-electron chi connectivity index (χ4n) is 2.50. The van der Waals surface area contributed by atoms with Crippen LogP contribution in [0.5, 0.6) is 0 Å². The van der Waals surface area contributed by atoms with Gasteiger partial charge in [-0.05, 0) is 37.0 Å². The Kier molecular flexibility index (Phi) is 4.15. The van der Waals surface area contributed by atoms with Crippen LogP contribution in [0.3, 0.4) is 0 Å². The van der Waals surface area contributed by atoms with Crippen LogP contribution >= 0.6 is 0 Å². The maximum Gasteiger partial charge on any atom is 0.335 e. The Labute approximate surface area is 119 Å². The quantitative estimate of drug-likeness (QED) is 0.923. The largest absolute Gasteiger partial charge is 0.478 e. The van der Waals surface area contributed by atoms with Gasteiger partial charge in [0.25, 0.3) is 0 Å². The topological polar surface area (TPSA) is 74.7 Å². The molecule has 1 heterocycles. The summed E-state index contributed by atoms with van der Waals surface area (Å²) in [7, 11) is -3.60. The van der Waals surface area contributed by atoms with Gasteiger partial charge in [0.1, 0.15) is 0 Å². The van der Waals surface area contributed by atoms with E-state index in [1.54, 1.807) is 13.0 Å². The van der Waals surface area contributed by atoms with Crippen molar-refractivity contribution in [3.63, 3.8) is 0 Å². The van der Waals surface area contributed by atoms with Gasteiger partial charge in [-0.15, -0.1) is 0 Å². The van der Waals surface area contributed by atoms with Crippen molar-refractivity contribution in [1.82, 2.24) is 4.31 Å². The average molecular weight is 297 g/mol. The predicted octanol–water partition coefficient (Wildman–Crippen LogP) is 2.11. The Hall–Kier alpha value is -1.40. The van der Waals surface area contributed by atoms with Crippen LogP contribution in [-0.4, -0.2) is 36.9 Å². The molecule has 5 nitrogen and oxygen atoms in total. The first-order valence-electron chi connectivity index (χ1n) is 6.70. The minimum Gasteiger partial charge on any atom is -0.478 e. The standard InChI is InChI=1S/C14H19NO4S/c1-3-11-6-7-15(9-11)20(18,19)13-8-12(14(16)17)5-4-10(13)2/h4-5,8,11H,3,6-7,9H2,1-2H3,(H,16,17). The molecule has 1 fully saturated rings. The highest BCUT2D eigenvalue weighted by molar-refractivity contribution is 7.89. The van der Waals surface area contributed by atoms with Crippen molar-refractivity contribution in [2.24, 2.45) is 5.92 Å². The number of benzene rings is 1. The van der Waals surface area contributed by atoms with E-state index in [1.807, 2.05) is 0 Å². The van der Waals surface area contributed by atoms with Crippen molar-refractivity contribution >= 4 is 16.0 Å². The van der Waals surface area contributed by atoms with E-state index in [0.29, 0.717) is 24.6 Å². The first kappa shape index (κ1) is 15.0. The molecule has 0 radical (unpaired) electrons. The van der Waals surface area contributed by atoms with Gasteiger partial charge < -0.3 is 5.11 Å². The van der Waals surface area contributed by atoms with Crippen LogP contribution in [0.1, 0.15) is 35.7 Å². The molecule has 1 aliphatic heterocycles. The Bertz CT molecular complexity index is 624. The van der Waals surface area contributed by atoms with E-state index in [0.717, 1.165) is 12.8 Å². The molecular formula is C14H19NO4S. The van der Waals surface area contributed by atoms with Crippen LogP contribution in [0.2, 0.25) is 0 Å². The van der Waals surface area contributed by atoms with Gasteiger partial charge in [0.2, 0.25) is 10.0 Å². The molecule has 1 unspecified atom stereocenters. The van der Waals surface area contributed by atoms with E-state index in [-0.39, 0.29) is 10.5 Å². The Morgan fingerprint density at radius 1 is 1.45 bits per heavy atom. The van der Waals surface area contributed by atoms with Crippen molar-refractivity contribution in [3.8, 4) is 0 Å². The zero-order chi connectivity index (χ0) is 14.9. The number of hydrogen-bond donors (Lipinski definition) is 1. The van der Waals surface area contributed by atoms with E-state index in [1.165, 1.54) is 16.4 Å². The first-order chi connectivity index (χ1) is 9.36. The second-order valence-electron chi connectivity index (χ2n) is 5.21. The molecule has 2 rings (SSSR count). The molecule has 1 aromatic rings. The van der Waals surface area contributed by atoms with Crippen LogP contribution in [0, 0.1) is 12.8 Å². The fourth-order valence-corrected chi connectivity index (χ4v) is 4.28. The second kappa shape index (κ2) is 5.54. The predicted molar refractivity (Wildman–Crippen MR) is 75.3 cm³/mol. The lowest BCUT2D eigenvalue weighted by atomic mass is 10.1. The van der Waals surface area contributed by atoms with Gasteiger partial charge in [-0.25, -0.2) is 13.2 Å². The van der Waals surface area contributed by atoms with Crippen LogP contribution in [-0.2, 0) is 10.0 Å². The van der Waals surface area contributed by atoms with Crippen molar-refractivity contribution in [3.05, 3.63) is 29.3 Å². The molecule has 1 aromatic carbocycles. The molecule has 1 N–H and O–H groups in total. The number of aromatic carboxylic acids is 1. The molecule has 0 bridgehead atoms. The summed E-state index contributed by atoms with van der Waals surface area (Å²) in [6.45, 7) is 4.77. The molecule has 1 atom stereocenters. The van der Waals surface area contributed by atoms with Crippen molar-refractivity contribution in [2.45, 2.75) is 31.6 Å². The summed E-state index contributed by atoms with van der Waals surface area (Å²) < 4.78 is 26.7. The van der Waals surface area contributed by atoms with Gasteiger partial charge in [-0.1, -0.05) is 19.4 Å². The summed E-state index contributed by atoms with van der Waals surface area (Å²) in [6.07, 6.45) is 1.83. The third kappa shape index (κ3) is 2.71. The Morgan fingerprint density at radius 3 is 2.70 bits per heavy atom. The Balaban J connectivity index is 2.39. The molecule has 0 aromatic heterocycles. The molecule has 1 saturated heterocycles. The number of hydrogen-bond acceptors (Lipinski definition) is 3. The third-order valence-corrected chi connectivity index (χ3v) is 5.89. The van der Waals surface area contributed by atoms with E-state index in [2.05, 4.69) is 6.92 Å². The normalized spacial score (nSPS) is 20.2. The molecular weight excluding hydrogens is 278 g/mol. The summed E-state index contributed by atoms with van der Waals surface area (Å²) in [4.78, 5) is 11.1. The number of aryl methyl sites for hydroxylation is 1. The molecule has 0 saturated carbocycles. The number of carboxylic acid groups (broad SMARTS) is 1. The summed E-state index contributed by atoms with van der Waals surface area (Å²) >= 11 is 0. The van der Waals surface area contributed by atoms with Crippen molar-refractivity contribution in [1.29, 1.82) is 0 Å². The molecule has 0 spiro atoms. The summed E-state index contributed by atoms with van der Waals surface area (Å²) in [6, 6.07) is 4.23. The summed E-state index contributed by atoms with van der Waals surface area (Å²) in [5, 5.41) is 9.00. The summed E-state index contributed by atoms with van der Waals surface area (Å²) in [5.41, 5.74) is 0.579. The van der Waals surface area contributed by atoms with Gasteiger partial charge >= 0.3 is 5.97 Å². The molecule has 1 aliphatic rings. The van der Waals surface area contributed by atoms with Crippen molar-refractivity contribution in [2.75, 3.05) is 13.1 Å². The Morgan fingerprint density at radius 2 is 2.15 bits per heavy atom. The van der Waals surface area contributed by atoms with Gasteiger partial charge in [0, 0.05) is 13.1 Å². The zero-order valence-corrected chi connectivity index (χ0v) is 12.5. The zero-order valence-electron chi connectivity index (χ0n) is 11.7.